The van der Waals surface area contributed by atoms with Gasteiger partial charge in [-0.15, -0.1) is 0 Å². The van der Waals surface area contributed by atoms with E-state index in [4.69, 9.17) is 0 Å². The maximum Gasteiger partial charge on any atom is 0.123 e. The van der Waals surface area contributed by atoms with E-state index in [0.717, 1.165) is 43.5 Å². The summed E-state index contributed by atoms with van der Waals surface area (Å²) in [6.45, 7) is 9.57. The molecule has 1 aliphatic heterocycles. The number of benzene rings is 3. The Bertz CT molecular complexity index is 927. The summed E-state index contributed by atoms with van der Waals surface area (Å²) in [5, 5.41) is 12.2. The van der Waals surface area contributed by atoms with E-state index in [9.17, 15) is 5.11 Å². The van der Waals surface area contributed by atoms with Crippen LogP contribution in [0.5, 0.6) is 5.75 Å². The fraction of sp³-hybridized carbons (Fsp3) is 0.304. The zero-order valence-corrected chi connectivity index (χ0v) is 15.6. The smallest absolute Gasteiger partial charge is 0.123 e. The lowest BCUT2D eigenvalue weighted by Crippen LogP contribution is -2.46. The molecule has 3 heteroatoms. The molecule has 1 fully saturated rings. The van der Waals surface area contributed by atoms with Gasteiger partial charge in [0.15, 0.2) is 0 Å². The Morgan fingerprint density at radius 2 is 1.54 bits per heavy atom. The molecule has 0 aromatic heterocycles. The molecule has 3 aromatic carbocycles. The van der Waals surface area contributed by atoms with Crippen molar-refractivity contribution in [1.29, 1.82) is 0 Å². The minimum absolute atomic E-state index is 0.365. The highest BCUT2D eigenvalue weighted by Crippen LogP contribution is 2.29. The van der Waals surface area contributed by atoms with Crippen molar-refractivity contribution in [1.82, 2.24) is 4.90 Å². The number of aryl methyl sites for hydroxylation is 1. The number of piperazine rings is 1. The first-order chi connectivity index (χ1) is 12.6. The van der Waals surface area contributed by atoms with Crippen LogP contribution in [0.15, 0.2) is 54.6 Å². The third kappa shape index (κ3) is 3.15. The van der Waals surface area contributed by atoms with Crippen molar-refractivity contribution < 1.29 is 5.11 Å². The molecule has 3 aromatic rings. The summed E-state index contributed by atoms with van der Waals surface area (Å²) in [6, 6.07) is 18.6. The van der Waals surface area contributed by atoms with Crippen molar-refractivity contribution in [2.75, 3.05) is 31.1 Å². The fourth-order valence-corrected chi connectivity index (χ4v) is 3.95. The molecule has 26 heavy (non-hydrogen) atoms. The van der Waals surface area contributed by atoms with Gasteiger partial charge in [0.25, 0.3) is 0 Å². The molecular formula is C23H26N2O. The largest absolute Gasteiger partial charge is 0.507 e. The Hall–Kier alpha value is -2.52. The summed E-state index contributed by atoms with van der Waals surface area (Å²) in [5.41, 5.74) is 5.42. The second-order valence-electron chi connectivity index (χ2n) is 7.27. The van der Waals surface area contributed by atoms with Gasteiger partial charge in [0.05, 0.1) is 0 Å². The minimum Gasteiger partial charge on any atom is -0.507 e. The van der Waals surface area contributed by atoms with Crippen LogP contribution in [0, 0.1) is 13.8 Å². The van der Waals surface area contributed by atoms with Crippen LogP contribution in [0.25, 0.3) is 10.8 Å². The van der Waals surface area contributed by atoms with Gasteiger partial charge in [-0.25, -0.2) is 0 Å². The maximum atomic E-state index is 10.1. The highest BCUT2D eigenvalue weighted by atomic mass is 16.3. The van der Waals surface area contributed by atoms with Crippen molar-refractivity contribution in [3.63, 3.8) is 0 Å². The number of fused-ring (bicyclic) bond motifs is 1. The van der Waals surface area contributed by atoms with Crippen LogP contribution in [0.1, 0.15) is 16.7 Å². The third-order valence-corrected chi connectivity index (χ3v) is 5.67. The number of anilines is 1. The average molecular weight is 346 g/mol. The first-order valence-electron chi connectivity index (χ1n) is 9.36. The standard InChI is InChI=1S/C23H26N2O/c1-17-6-5-9-22(18(17)2)25-14-12-24(13-15-25)16-19-10-11-23(26)21-8-4-3-7-20(19)21/h3-11,26H,12-16H2,1-2H3. The Kier molecular flexibility index (Phi) is 4.56. The van der Waals surface area contributed by atoms with E-state index < -0.39 is 0 Å². The van der Waals surface area contributed by atoms with Crippen LogP contribution in [-0.4, -0.2) is 36.2 Å². The summed E-state index contributed by atoms with van der Waals surface area (Å²) in [5.74, 6) is 0.365. The predicted octanol–water partition coefficient (Wildman–Crippen LogP) is 4.48. The molecule has 0 radical (unpaired) electrons. The molecule has 0 saturated carbocycles. The van der Waals surface area contributed by atoms with Gasteiger partial charge >= 0.3 is 0 Å². The van der Waals surface area contributed by atoms with Gasteiger partial charge < -0.3 is 10.0 Å². The molecule has 0 unspecified atom stereocenters. The molecule has 1 aliphatic rings. The van der Waals surface area contributed by atoms with Crippen molar-refractivity contribution in [2.45, 2.75) is 20.4 Å². The molecule has 0 aliphatic carbocycles. The molecule has 0 bridgehead atoms. The summed E-state index contributed by atoms with van der Waals surface area (Å²) < 4.78 is 0. The molecule has 134 valence electrons. The van der Waals surface area contributed by atoms with E-state index in [0.29, 0.717) is 5.75 Å². The van der Waals surface area contributed by atoms with Gasteiger partial charge in [-0.2, -0.15) is 0 Å². The zero-order chi connectivity index (χ0) is 18.1. The van der Waals surface area contributed by atoms with Crippen molar-refractivity contribution in [3.05, 3.63) is 71.3 Å². The maximum absolute atomic E-state index is 10.1. The highest BCUT2D eigenvalue weighted by molar-refractivity contribution is 5.90. The monoisotopic (exact) mass is 346 g/mol. The summed E-state index contributed by atoms with van der Waals surface area (Å²) in [4.78, 5) is 5.02. The van der Waals surface area contributed by atoms with Gasteiger partial charge in [-0.05, 0) is 48.1 Å². The van der Waals surface area contributed by atoms with E-state index in [1.54, 1.807) is 0 Å². The van der Waals surface area contributed by atoms with Gasteiger partial charge in [0, 0.05) is 43.8 Å². The van der Waals surface area contributed by atoms with Gasteiger partial charge in [-0.3, -0.25) is 4.90 Å². The van der Waals surface area contributed by atoms with Crippen LogP contribution < -0.4 is 4.90 Å². The molecule has 0 amide bonds. The Morgan fingerprint density at radius 1 is 0.808 bits per heavy atom. The zero-order valence-electron chi connectivity index (χ0n) is 15.6. The van der Waals surface area contributed by atoms with E-state index in [1.807, 2.05) is 24.3 Å². The van der Waals surface area contributed by atoms with Crippen molar-refractivity contribution in [3.8, 4) is 5.75 Å². The second kappa shape index (κ2) is 7.00. The van der Waals surface area contributed by atoms with E-state index in [1.165, 1.54) is 22.4 Å². The van der Waals surface area contributed by atoms with E-state index in [-0.39, 0.29) is 0 Å². The Morgan fingerprint density at radius 3 is 2.31 bits per heavy atom. The molecule has 1 N–H and O–H groups in total. The number of phenols is 1. The SMILES string of the molecule is Cc1cccc(N2CCN(Cc3ccc(O)c4ccccc34)CC2)c1C. The number of hydrogen-bond donors (Lipinski definition) is 1. The molecule has 3 nitrogen and oxygen atoms in total. The number of rotatable bonds is 3. The molecule has 1 heterocycles. The average Bonchev–Trinajstić information content (AvgIpc) is 2.67. The number of nitrogens with zero attached hydrogens (tertiary/aromatic N) is 2. The minimum atomic E-state index is 0.365. The van der Waals surface area contributed by atoms with E-state index >= 15 is 0 Å². The fourth-order valence-electron chi connectivity index (χ4n) is 3.95. The molecule has 0 atom stereocenters. The second-order valence-corrected chi connectivity index (χ2v) is 7.27. The Balaban J connectivity index is 1.48. The lowest BCUT2D eigenvalue weighted by molar-refractivity contribution is 0.250. The van der Waals surface area contributed by atoms with Crippen LogP contribution in [0.4, 0.5) is 5.69 Å². The first kappa shape index (κ1) is 16.9. The van der Waals surface area contributed by atoms with Gasteiger partial charge in [-0.1, -0.05) is 42.5 Å². The van der Waals surface area contributed by atoms with E-state index in [2.05, 4.69) is 54.0 Å². The van der Waals surface area contributed by atoms with Crippen molar-refractivity contribution in [2.24, 2.45) is 0 Å². The molecular weight excluding hydrogens is 320 g/mol. The first-order valence-corrected chi connectivity index (χ1v) is 9.36. The van der Waals surface area contributed by atoms with Crippen LogP contribution in [0.2, 0.25) is 0 Å². The number of aromatic hydroxyl groups is 1. The summed E-state index contributed by atoms with van der Waals surface area (Å²) >= 11 is 0. The topological polar surface area (TPSA) is 26.7 Å². The van der Waals surface area contributed by atoms with Crippen LogP contribution in [-0.2, 0) is 6.54 Å². The number of phenolic OH excluding ortho intramolecular Hbond substituents is 1. The molecule has 4 rings (SSSR count). The van der Waals surface area contributed by atoms with Gasteiger partial charge in [0.2, 0.25) is 0 Å². The summed E-state index contributed by atoms with van der Waals surface area (Å²) in [6.07, 6.45) is 0. The van der Waals surface area contributed by atoms with Gasteiger partial charge in [0.1, 0.15) is 5.75 Å². The van der Waals surface area contributed by atoms with Crippen molar-refractivity contribution >= 4 is 16.5 Å². The third-order valence-electron chi connectivity index (χ3n) is 5.67. The predicted molar refractivity (Wildman–Crippen MR) is 109 cm³/mol. The number of hydrogen-bond acceptors (Lipinski definition) is 3. The molecule has 0 spiro atoms. The van der Waals surface area contributed by atoms with Crippen LogP contribution >= 0.6 is 0 Å². The summed E-state index contributed by atoms with van der Waals surface area (Å²) in [7, 11) is 0. The lowest BCUT2D eigenvalue weighted by Gasteiger charge is -2.37. The quantitative estimate of drug-likeness (QED) is 0.757. The lowest BCUT2D eigenvalue weighted by atomic mass is 10.0. The van der Waals surface area contributed by atoms with Crippen LogP contribution in [0.3, 0.4) is 0 Å². The molecule has 1 saturated heterocycles. The Labute approximate surface area is 155 Å². The highest BCUT2D eigenvalue weighted by Gasteiger charge is 2.19. The normalized spacial score (nSPS) is 15.5.